The molecule has 0 bridgehead atoms. The largest absolute Gasteiger partial charge is 0.491 e. The first-order valence-electron chi connectivity index (χ1n) is 12.9. The van der Waals surface area contributed by atoms with Gasteiger partial charge in [0, 0.05) is 11.1 Å². The van der Waals surface area contributed by atoms with Crippen molar-refractivity contribution in [2.75, 3.05) is 13.2 Å². The van der Waals surface area contributed by atoms with Crippen LogP contribution in [0, 0.1) is 35.0 Å². The zero-order valence-electron chi connectivity index (χ0n) is 21.3. The zero-order valence-corrected chi connectivity index (χ0v) is 21.3. The van der Waals surface area contributed by atoms with Crippen LogP contribution in [-0.4, -0.2) is 13.2 Å². The fraction of sp³-hybridized carbons (Fsp3) is 0.355. The monoisotopic (exact) mass is 530 g/mol. The van der Waals surface area contributed by atoms with Gasteiger partial charge in [-0.25, -0.2) is 17.6 Å². The second kappa shape index (κ2) is 12.6. The van der Waals surface area contributed by atoms with E-state index in [1.807, 2.05) is 6.07 Å². The molecule has 3 aromatic rings. The first-order chi connectivity index (χ1) is 18.3. The number of benzene rings is 3. The quantitative estimate of drug-likeness (QED) is 0.193. The van der Waals surface area contributed by atoms with Gasteiger partial charge in [0.15, 0.2) is 23.2 Å². The van der Waals surface area contributed by atoms with Gasteiger partial charge in [-0.2, -0.15) is 4.39 Å². The first-order valence-corrected chi connectivity index (χ1v) is 12.9. The maximum atomic E-state index is 14.9. The summed E-state index contributed by atoms with van der Waals surface area (Å²) in [6, 6.07) is 10.3. The van der Waals surface area contributed by atoms with Gasteiger partial charge in [-0.05, 0) is 86.3 Å². The van der Waals surface area contributed by atoms with Gasteiger partial charge in [0.25, 0.3) is 0 Å². The van der Waals surface area contributed by atoms with E-state index in [-0.39, 0.29) is 53.3 Å². The molecular formula is C31H31F5O2. The fourth-order valence-electron chi connectivity index (χ4n) is 4.88. The van der Waals surface area contributed by atoms with Crippen LogP contribution in [-0.2, 0) is 17.6 Å². The standard InChI is InChI=1S/C31H31F5O2/c1-3-5-6-20-10-11-22(17-25(20)32)26-15-8-19(18-38-26)7-9-21-12-13-23(29(34)28(21)33)24-14-16-27(37-4-2)31(36)30(24)35/h3,10-14,16-17,19,26H,1,4-9,15,18H2,2H3. The van der Waals surface area contributed by atoms with Gasteiger partial charge in [-0.3, -0.25) is 0 Å². The van der Waals surface area contributed by atoms with Crippen molar-refractivity contribution >= 4 is 0 Å². The van der Waals surface area contributed by atoms with E-state index in [2.05, 4.69) is 6.58 Å². The van der Waals surface area contributed by atoms with Crippen molar-refractivity contribution in [1.82, 2.24) is 0 Å². The van der Waals surface area contributed by atoms with Crippen LogP contribution in [0.3, 0.4) is 0 Å². The summed E-state index contributed by atoms with van der Waals surface area (Å²) in [4.78, 5) is 0. The van der Waals surface area contributed by atoms with Crippen LogP contribution in [0.25, 0.3) is 11.1 Å². The SMILES string of the molecule is C=CCCc1ccc(C2CCC(CCc3ccc(-c4ccc(OCC)c(F)c4F)c(F)c3F)CO2)cc1F. The van der Waals surface area contributed by atoms with E-state index in [4.69, 9.17) is 9.47 Å². The molecule has 0 saturated carbocycles. The van der Waals surface area contributed by atoms with E-state index in [1.165, 1.54) is 30.3 Å². The van der Waals surface area contributed by atoms with Crippen LogP contribution < -0.4 is 4.74 Å². The average molecular weight is 531 g/mol. The summed E-state index contributed by atoms with van der Waals surface area (Å²) in [6.45, 7) is 5.87. The summed E-state index contributed by atoms with van der Waals surface area (Å²) in [5.41, 5.74) is 0.892. The molecule has 1 heterocycles. The van der Waals surface area contributed by atoms with Crippen molar-refractivity contribution in [3.8, 4) is 16.9 Å². The lowest BCUT2D eigenvalue weighted by Gasteiger charge is -2.29. The molecule has 0 N–H and O–H groups in total. The van der Waals surface area contributed by atoms with Gasteiger partial charge in [0.05, 0.1) is 19.3 Å². The molecule has 3 aromatic carbocycles. The molecule has 1 aliphatic heterocycles. The third kappa shape index (κ3) is 6.09. The molecule has 2 nitrogen and oxygen atoms in total. The molecule has 1 saturated heterocycles. The zero-order chi connectivity index (χ0) is 27.2. The number of allylic oxidation sites excluding steroid dienone is 1. The van der Waals surface area contributed by atoms with Crippen LogP contribution in [0.2, 0.25) is 0 Å². The van der Waals surface area contributed by atoms with E-state index < -0.39 is 23.3 Å². The Morgan fingerprint density at radius 1 is 0.868 bits per heavy atom. The number of ether oxygens (including phenoxy) is 2. The highest BCUT2D eigenvalue weighted by Gasteiger charge is 2.25. The minimum Gasteiger partial charge on any atom is -0.491 e. The molecule has 0 amide bonds. The number of rotatable bonds is 10. The Balaban J connectivity index is 1.37. The molecule has 2 atom stereocenters. The maximum absolute atomic E-state index is 14.9. The van der Waals surface area contributed by atoms with Crippen LogP contribution in [0.4, 0.5) is 22.0 Å². The van der Waals surface area contributed by atoms with Crippen molar-refractivity contribution in [3.63, 3.8) is 0 Å². The highest BCUT2D eigenvalue weighted by Crippen LogP contribution is 2.35. The summed E-state index contributed by atoms with van der Waals surface area (Å²) in [7, 11) is 0. The van der Waals surface area contributed by atoms with Crippen molar-refractivity contribution in [1.29, 1.82) is 0 Å². The van der Waals surface area contributed by atoms with Crippen molar-refractivity contribution in [2.24, 2.45) is 5.92 Å². The molecule has 38 heavy (non-hydrogen) atoms. The molecular weight excluding hydrogens is 499 g/mol. The van der Waals surface area contributed by atoms with E-state index in [9.17, 15) is 22.0 Å². The molecule has 1 fully saturated rings. The topological polar surface area (TPSA) is 18.5 Å². The number of halogens is 5. The predicted octanol–water partition coefficient (Wildman–Crippen LogP) is 8.67. The van der Waals surface area contributed by atoms with Crippen LogP contribution in [0.5, 0.6) is 5.75 Å². The van der Waals surface area contributed by atoms with Gasteiger partial charge >= 0.3 is 0 Å². The van der Waals surface area contributed by atoms with Crippen LogP contribution in [0.15, 0.2) is 55.1 Å². The predicted molar refractivity (Wildman–Crippen MR) is 138 cm³/mol. The van der Waals surface area contributed by atoms with Crippen molar-refractivity contribution in [2.45, 2.75) is 51.6 Å². The number of hydrogen-bond acceptors (Lipinski definition) is 2. The van der Waals surface area contributed by atoms with Crippen LogP contribution in [0.1, 0.15) is 55.4 Å². The Morgan fingerprint density at radius 2 is 1.58 bits per heavy atom. The van der Waals surface area contributed by atoms with E-state index >= 15 is 0 Å². The Bertz CT molecular complexity index is 1280. The van der Waals surface area contributed by atoms with Crippen molar-refractivity contribution < 1.29 is 31.4 Å². The summed E-state index contributed by atoms with van der Waals surface area (Å²) < 4.78 is 84.0. The van der Waals surface area contributed by atoms with Gasteiger partial charge in [0.1, 0.15) is 5.82 Å². The first kappa shape index (κ1) is 27.8. The Hall–Kier alpha value is -3.19. The lowest BCUT2D eigenvalue weighted by molar-refractivity contribution is -0.0194. The fourth-order valence-corrected chi connectivity index (χ4v) is 4.88. The summed E-state index contributed by atoms with van der Waals surface area (Å²) in [5.74, 6) is -5.21. The Labute approximate surface area is 220 Å². The third-order valence-corrected chi connectivity index (χ3v) is 7.06. The molecule has 7 heteroatoms. The van der Waals surface area contributed by atoms with E-state index in [0.29, 0.717) is 37.9 Å². The highest BCUT2D eigenvalue weighted by molar-refractivity contribution is 5.66. The van der Waals surface area contributed by atoms with E-state index in [1.54, 1.807) is 19.1 Å². The summed E-state index contributed by atoms with van der Waals surface area (Å²) in [5, 5.41) is 0. The molecule has 0 aliphatic carbocycles. The minimum absolute atomic E-state index is 0.141. The second-order valence-corrected chi connectivity index (χ2v) is 9.55. The lowest BCUT2D eigenvalue weighted by atomic mass is 9.89. The molecule has 0 spiro atoms. The van der Waals surface area contributed by atoms with Gasteiger partial charge in [-0.15, -0.1) is 6.58 Å². The maximum Gasteiger partial charge on any atom is 0.201 e. The molecule has 0 aromatic heterocycles. The summed E-state index contributed by atoms with van der Waals surface area (Å²) >= 11 is 0. The normalized spacial score (nSPS) is 17.4. The van der Waals surface area contributed by atoms with E-state index in [0.717, 1.165) is 12.0 Å². The average Bonchev–Trinajstić information content (AvgIpc) is 2.92. The Morgan fingerprint density at radius 3 is 2.24 bits per heavy atom. The molecule has 202 valence electrons. The smallest absolute Gasteiger partial charge is 0.201 e. The summed E-state index contributed by atoms with van der Waals surface area (Å²) in [6.07, 6.45) is 5.23. The third-order valence-electron chi connectivity index (χ3n) is 7.06. The van der Waals surface area contributed by atoms with Gasteiger partial charge < -0.3 is 9.47 Å². The van der Waals surface area contributed by atoms with Gasteiger partial charge in [-0.1, -0.05) is 30.3 Å². The molecule has 2 unspecified atom stereocenters. The molecule has 0 radical (unpaired) electrons. The Kier molecular flexibility index (Phi) is 9.21. The van der Waals surface area contributed by atoms with Gasteiger partial charge in [0.2, 0.25) is 5.82 Å². The lowest BCUT2D eigenvalue weighted by Crippen LogP contribution is -2.21. The number of hydrogen-bond donors (Lipinski definition) is 0. The molecule has 4 rings (SSSR count). The highest BCUT2D eigenvalue weighted by atomic mass is 19.2. The second-order valence-electron chi connectivity index (χ2n) is 9.55. The molecule has 1 aliphatic rings. The minimum atomic E-state index is -1.29. The van der Waals surface area contributed by atoms with Crippen molar-refractivity contribution in [3.05, 3.63) is 101 Å². The van der Waals surface area contributed by atoms with Crippen LogP contribution >= 0.6 is 0 Å². The number of aryl methyl sites for hydroxylation is 2.